The molecule has 1 aromatic heterocycles. The number of aryl methyl sites for hydroxylation is 1. The molecule has 1 unspecified atom stereocenters. The van der Waals surface area contributed by atoms with Gasteiger partial charge in [0.15, 0.2) is 0 Å². The first kappa shape index (κ1) is 14.6. The minimum absolute atomic E-state index is 0.433. The molecule has 0 aliphatic heterocycles. The number of aromatic nitrogens is 1. The minimum Gasteiger partial charge on any atom is -0.358 e. The molecule has 2 aromatic rings. The zero-order chi connectivity index (χ0) is 15.4. The molecule has 0 fully saturated rings. The van der Waals surface area contributed by atoms with Crippen LogP contribution in [0.2, 0.25) is 23.7 Å². The highest BCUT2D eigenvalue weighted by atomic mass is 28.3. The second kappa shape index (κ2) is 4.61. The van der Waals surface area contributed by atoms with E-state index in [9.17, 15) is 0 Å². The summed E-state index contributed by atoms with van der Waals surface area (Å²) in [4.78, 5) is 3.68. The molecule has 1 nitrogen and oxygen atoms in total. The Balaban J connectivity index is 2.03. The van der Waals surface area contributed by atoms with E-state index in [1.807, 2.05) is 0 Å². The second-order valence-corrected chi connectivity index (χ2v) is 13.9. The van der Waals surface area contributed by atoms with Crippen molar-refractivity contribution >= 4 is 25.1 Å². The van der Waals surface area contributed by atoms with Crippen molar-refractivity contribution in [2.24, 2.45) is 0 Å². The predicted molar refractivity (Wildman–Crippen MR) is 96.7 cm³/mol. The molecule has 0 radical (unpaired) electrons. The van der Waals surface area contributed by atoms with E-state index in [-0.39, 0.29) is 0 Å². The third-order valence-electron chi connectivity index (χ3n) is 5.86. The Hall–Kier alpha value is -1.28. The molecule has 1 heterocycles. The van der Waals surface area contributed by atoms with E-state index < -0.39 is 8.07 Å². The maximum atomic E-state index is 3.68. The van der Waals surface area contributed by atoms with Crippen LogP contribution in [0.15, 0.2) is 24.3 Å². The molecule has 0 spiro atoms. The van der Waals surface area contributed by atoms with Crippen LogP contribution in [-0.4, -0.2) is 13.1 Å². The molecule has 3 rings (SSSR count). The van der Waals surface area contributed by atoms with Gasteiger partial charge in [-0.2, -0.15) is 0 Å². The molecule has 21 heavy (non-hydrogen) atoms. The van der Waals surface area contributed by atoms with Gasteiger partial charge in [-0.1, -0.05) is 58.2 Å². The van der Waals surface area contributed by atoms with Crippen molar-refractivity contribution in [3.05, 3.63) is 41.1 Å². The summed E-state index contributed by atoms with van der Waals surface area (Å²) in [7, 11) is -1.34. The van der Waals surface area contributed by atoms with E-state index >= 15 is 0 Å². The van der Waals surface area contributed by atoms with Crippen LogP contribution in [0.1, 0.15) is 37.6 Å². The largest absolute Gasteiger partial charge is 0.358 e. The molecule has 112 valence electrons. The zero-order valence-electron chi connectivity index (χ0n) is 14.2. The van der Waals surface area contributed by atoms with Crippen LogP contribution in [0.3, 0.4) is 0 Å². The number of hydrogen-bond acceptors (Lipinski definition) is 0. The summed E-state index contributed by atoms with van der Waals surface area (Å²) < 4.78 is 0. The van der Waals surface area contributed by atoms with Crippen molar-refractivity contribution in [3.63, 3.8) is 0 Å². The Labute approximate surface area is 129 Å². The van der Waals surface area contributed by atoms with Gasteiger partial charge in [0.25, 0.3) is 0 Å². The van der Waals surface area contributed by atoms with Gasteiger partial charge < -0.3 is 4.98 Å². The van der Waals surface area contributed by atoms with Crippen molar-refractivity contribution in [3.8, 4) is 0 Å². The van der Waals surface area contributed by atoms with Crippen molar-refractivity contribution in [2.75, 3.05) is 0 Å². The highest BCUT2D eigenvalue weighted by Gasteiger charge is 2.42. The summed E-state index contributed by atoms with van der Waals surface area (Å²) in [5.74, 6) is 0. The number of allylic oxidation sites excluding steroid dienone is 1. The van der Waals surface area contributed by atoms with Gasteiger partial charge in [0.1, 0.15) is 0 Å². The number of rotatable bonds is 1. The zero-order valence-corrected chi connectivity index (χ0v) is 15.2. The SMILES string of the molecule is Cc1ccc2c3c([nH]c2c1)CC([Si](C)(C)C(C)(C)C)C=C3. The van der Waals surface area contributed by atoms with E-state index in [2.05, 4.69) is 76.1 Å². The van der Waals surface area contributed by atoms with Gasteiger partial charge in [0.2, 0.25) is 0 Å². The average molecular weight is 298 g/mol. The Bertz CT molecular complexity index is 713. The van der Waals surface area contributed by atoms with Gasteiger partial charge in [-0.3, -0.25) is 0 Å². The van der Waals surface area contributed by atoms with Crippen LogP contribution in [-0.2, 0) is 6.42 Å². The lowest BCUT2D eigenvalue weighted by molar-refractivity contribution is 0.692. The summed E-state index contributed by atoms with van der Waals surface area (Å²) in [5.41, 5.74) is 6.19. The van der Waals surface area contributed by atoms with Crippen molar-refractivity contribution in [2.45, 2.75) is 57.8 Å². The first-order valence-corrected chi connectivity index (χ1v) is 11.1. The minimum atomic E-state index is -1.34. The lowest BCUT2D eigenvalue weighted by Crippen LogP contribution is -2.42. The fraction of sp³-hybridized carbons (Fsp3) is 0.474. The first-order valence-electron chi connectivity index (χ1n) is 7.99. The lowest BCUT2D eigenvalue weighted by Gasteiger charge is -2.43. The third-order valence-corrected chi connectivity index (χ3v) is 12.0. The Kier molecular flexibility index (Phi) is 3.21. The summed E-state index contributed by atoms with van der Waals surface area (Å²) in [6.45, 7) is 14.5. The highest BCUT2D eigenvalue weighted by Crippen LogP contribution is 2.47. The molecular formula is C19H27NSi. The van der Waals surface area contributed by atoms with Crippen LogP contribution in [0.4, 0.5) is 0 Å². The first-order chi connectivity index (χ1) is 9.70. The van der Waals surface area contributed by atoms with Gasteiger partial charge in [-0.15, -0.1) is 0 Å². The van der Waals surface area contributed by atoms with Gasteiger partial charge >= 0.3 is 0 Å². The molecule has 1 aliphatic carbocycles. The third kappa shape index (κ3) is 2.30. The molecule has 0 saturated heterocycles. The van der Waals surface area contributed by atoms with Gasteiger partial charge in [-0.25, -0.2) is 0 Å². The maximum Gasteiger partial charge on any atom is 0.0602 e. The Morgan fingerprint density at radius 1 is 1.19 bits per heavy atom. The molecule has 1 atom stereocenters. The number of hydrogen-bond donors (Lipinski definition) is 1. The molecule has 1 aromatic carbocycles. The van der Waals surface area contributed by atoms with E-state index in [0.29, 0.717) is 5.04 Å². The molecule has 0 bridgehead atoms. The summed E-state index contributed by atoms with van der Waals surface area (Å²) in [6.07, 6.45) is 6.04. The van der Waals surface area contributed by atoms with Crippen LogP contribution < -0.4 is 0 Å². The summed E-state index contributed by atoms with van der Waals surface area (Å²) >= 11 is 0. The fourth-order valence-electron chi connectivity index (χ4n) is 3.29. The number of nitrogens with one attached hydrogen (secondary N) is 1. The second-order valence-electron chi connectivity index (χ2n) is 8.21. The number of H-pyrrole nitrogens is 1. The predicted octanol–water partition coefficient (Wildman–Crippen LogP) is 5.92. The topological polar surface area (TPSA) is 15.8 Å². The van der Waals surface area contributed by atoms with Crippen LogP contribution in [0.5, 0.6) is 0 Å². The molecule has 1 aliphatic rings. The van der Waals surface area contributed by atoms with Crippen LogP contribution >= 0.6 is 0 Å². The van der Waals surface area contributed by atoms with Crippen molar-refractivity contribution in [1.29, 1.82) is 0 Å². The fourth-order valence-corrected chi connectivity index (χ4v) is 5.70. The maximum absolute atomic E-state index is 3.68. The van der Waals surface area contributed by atoms with E-state index in [1.165, 1.54) is 34.1 Å². The van der Waals surface area contributed by atoms with Crippen molar-refractivity contribution < 1.29 is 0 Å². The standard InChI is InChI=1S/C19H27NSi/c1-13-7-9-15-16-10-8-14(21(5,6)19(2,3)4)12-18(16)20-17(15)11-13/h7-11,14,20H,12H2,1-6H3. The quantitative estimate of drug-likeness (QED) is 0.628. The van der Waals surface area contributed by atoms with E-state index in [1.54, 1.807) is 0 Å². The monoisotopic (exact) mass is 297 g/mol. The normalized spacial score (nSPS) is 19.0. The van der Waals surface area contributed by atoms with E-state index in [4.69, 9.17) is 0 Å². The highest BCUT2D eigenvalue weighted by molar-refractivity contribution is 6.82. The number of benzene rings is 1. The smallest absolute Gasteiger partial charge is 0.0602 e. The summed E-state index contributed by atoms with van der Waals surface area (Å²) in [6, 6.07) is 6.74. The molecule has 0 amide bonds. The molecule has 0 saturated carbocycles. The lowest BCUT2D eigenvalue weighted by atomic mass is 10.0. The molecule has 1 N–H and O–H groups in total. The number of fused-ring (bicyclic) bond motifs is 3. The van der Waals surface area contributed by atoms with Crippen LogP contribution in [0.25, 0.3) is 17.0 Å². The van der Waals surface area contributed by atoms with Crippen molar-refractivity contribution in [1.82, 2.24) is 4.98 Å². The number of aromatic amines is 1. The Morgan fingerprint density at radius 2 is 1.90 bits per heavy atom. The Morgan fingerprint density at radius 3 is 2.57 bits per heavy atom. The van der Waals surface area contributed by atoms with Gasteiger partial charge in [0, 0.05) is 22.2 Å². The van der Waals surface area contributed by atoms with Crippen LogP contribution in [0, 0.1) is 6.92 Å². The van der Waals surface area contributed by atoms with Gasteiger partial charge in [0.05, 0.1) is 8.07 Å². The molecular weight excluding hydrogens is 270 g/mol. The van der Waals surface area contributed by atoms with E-state index in [0.717, 1.165) is 5.54 Å². The summed E-state index contributed by atoms with van der Waals surface area (Å²) in [5, 5.41) is 1.81. The molecule has 2 heteroatoms. The average Bonchev–Trinajstić information content (AvgIpc) is 2.73. The van der Waals surface area contributed by atoms with Gasteiger partial charge in [-0.05, 0) is 35.6 Å².